The molecule has 81 heavy (non-hydrogen) atoms. The van der Waals surface area contributed by atoms with Crippen molar-refractivity contribution in [2.24, 2.45) is 0 Å². The molecule has 3 N–H and O–H groups in total. The predicted octanol–water partition coefficient (Wildman–Crippen LogP) is 16.6. The van der Waals surface area contributed by atoms with Gasteiger partial charge in [-0.3, -0.25) is 14.4 Å². The van der Waals surface area contributed by atoms with E-state index in [0.717, 1.165) is 83.5 Å². The minimum Gasteiger partial charge on any atom is -0.479 e. The van der Waals surface area contributed by atoms with Crippen molar-refractivity contribution in [3.8, 4) is 0 Å². The van der Waals surface area contributed by atoms with Crippen LogP contribution < -0.4 is 0 Å². The Morgan fingerprint density at radius 1 is 0.420 bits per heavy atom. The van der Waals surface area contributed by atoms with Crippen molar-refractivity contribution in [2.45, 2.75) is 263 Å². The van der Waals surface area contributed by atoms with Crippen LogP contribution in [-0.2, 0) is 42.9 Å². The van der Waals surface area contributed by atoms with E-state index in [1.54, 1.807) is 0 Å². The fourth-order valence-electron chi connectivity index (χ4n) is 8.55. The summed E-state index contributed by atoms with van der Waals surface area (Å²) >= 11 is 0. The third-order valence-electron chi connectivity index (χ3n) is 13.2. The summed E-state index contributed by atoms with van der Waals surface area (Å²) in [6.07, 6.45) is 65.7. The lowest BCUT2D eigenvalue weighted by Crippen LogP contribution is -2.61. The maximum absolute atomic E-state index is 13.2. The van der Waals surface area contributed by atoms with Crippen molar-refractivity contribution in [3.63, 3.8) is 0 Å². The molecule has 0 amide bonds. The van der Waals surface area contributed by atoms with E-state index >= 15 is 0 Å². The molecule has 0 radical (unpaired) electrons. The fraction of sp³-hybridized carbons (Fsp3) is 0.623. The lowest BCUT2D eigenvalue weighted by Gasteiger charge is -2.40. The van der Waals surface area contributed by atoms with E-state index in [-0.39, 0.29) is 25.9 Å². The van der Waals surface area contributed by atoms with E-state index in [4.69, 9.17) is 23.7 Å². The first-order valence-corrected chi connectivity index (χ1v) is 31.2. The van der Waals surface area contributed by atoms with E-state index in [9.17, 15) is 34.5 Å². The number of ether oxygens (including phenoxy) is 5. The summed E-state index contributed by atoms with van der Waals surface area (Å²) in [5, 5.41) is 31.5. The number of carboxylic acid groups (broad SMARTS) is 1. The number of aliphatic carboxylic acids is 1. The Hall–Kier alpha value is -5.14. The molecular formula is C69H108O12. The van der Waals surface area contributed by atoms with Crippen molar-refractivity contribution < 1.29 is 58.2 Å². The summed E-state index contributed by atoms with van der Waals surface area (Å²) in [5.41, 5.74) is 0. The van der Waals surface area contributed by atoms with Gasteiger partial charge >= 0.3 is 23.9 Å². The van der Waals surface area contributed by atoms with Crippen molar-refractivity contribution in [3.05, 3.63) is 134 Å². The first-order chi connectivity index (χ1) is 39.6. The average Bonchev–Trinajstić information content (AvgIpc) is 3.54. The van der Waals surface area contributed by atoms with Crippen LogP contribution in [0.15, 0.2) is 134 Å². The first kappa shape index (κ1) is 73.9. The number of carboxylic acids is 1. The molecule has 0 bridgehead atoms. The number of esters is 3. The molecule has 456 valence electrons. The van der Waals surface area contributed by atoms with Gasteiger partial charge in [-0.05, 0) is 96.3 Å². The molecule has 0 aromatic carbocycles. The van der Waals surface area contributed by atoms with Crippen LogP contribution in [0.25, 0.3) is 0 Å². The minimum absolute atomic E-state index is 0.0763. The number of carbonyl (C=O) groups is 4. The second-order valence-corrected chi connectivity index (χ2v) is 20.6. The molecule has 0 spiro atoms. The van der Waals surface area contributed by atoms with Gasteiger partial charge in [0.05, 0.1) is 6.61 Å². The summed E-state index contributed by atoms with van der Waals surface area (Å²) in [5.74, 6) is -3.32. The largest absolute Gasteiger partial charge is 0.479 e. The van der Waals surface area contributed by atoms with Crippen LogP contribution in [0.3, 0.4) is 0 Å². The Morgan fingerprint density at radius 3 is 1.22 bits per heavy atom. The molecule has 0 aromatic rings. The lowest BCUT2D eigenvalue weighted by molar-refractivity contribution is -0.301. The molecule has 6 atom stereocenters. The van der Waals surface area contributed by atoms with Crippen LogP contribution >= 0.6 is 0 Å². The van der Waals surface area contributed by atoms with E-state index in [1.807, 2.05) is 24.3 Å². The normalized spacial score (nSPS) is 18.7. The zero-order valence-electron chi connectivity index (χ0n) is 50.2. The van der Waals surface area contributed by atoms with E-state index < -0.39 is 67.3 Å². The fourth-order valence-corrected chi connectivity index (χ4v) is 8.55. The first-order valence-electron chi connectivity index (χ1n) is 31.2. The van der Waals surface area contributed by atoms with Crippen molar-refractivity contribution in [1.82, 2.24) is 0 Å². The van der Waals surface area contributed by atoms with E-state index in [2.05, 4.69) is 130 Å². The van der Waals surface area contributed by atoms with Gasteiger partial charge in [-0.15, -0.1) is 0 Å². The van der Waals surface area contributed by atoms with Crippen LogP contribution in [0.5, 0.6) is 0 Å². The van der Waals surface area contributed by atoms with Gasteiger partial charge in [0.15, 0.2) is 24.6 Å². The summed E-state index contributed by atoms with van der Waals surface area (Å²) in [4.78, 5) is 51.2. The molecule has 1 aliphatic heterocycles. The smallest absolute Gasteiger partial charge is 0.335 e. The van der Waals surface area contributed by atoms with Crippen molar-refractivity contribution in [1.29, 1.82) is 0 Å². The topological polar surface area (TPSA) is 175 Å². The quantitative estimate of drug-likeness (QED) is 0.0228. The number of hydrogen-bond acceptors (Lipinski definition) is 11. The average molecular weight is 1130 g/mol. The van der Waals surface area contributed by atoms with E-state index in [1.165, 1.54) is 70.6 Å². The third kappa shape index (κ3) is 45.1. The summed E-state index contributed by atoms with van der Waals surface area (Å²) in [6.45, 7) is 5.69. The molecule has 12 nitrogen and oxygen atoms in total. The maximum Gasteiger partial charge on any atom is 0.335 e. The van der Waals surface area contributed by atoms with Crippen molar-refractivity contribution >= 4 is 23.9 Å². The predicted molar refractivity (Wildman–Crippen MR) is 330 cm³/mol. The number of rotatable bonds is 51. The third-order valence-corrected chi connectivity index (χ3v) is 13.2. The Morgan fingerprint density at radius 2 is 0.802 bits per heavy atom. The molecular weight excluding hydrogens is 1020 g/mol. The summed E-state index contributed by atoms with van der Waals surface area (Å²) in [6, 6.07) is 0. The highest BCUT2D eigenvalue weighted by atomic mass is 16.7. The molecule has 1 heterocycles. The second kappa shape index (κ2) is 55.4. The van der Waals surface area contributed by atoms with Gasteiger partial charge in [0, 0.05) is 19.3 Å². The summed E-state index contributed by atoms with van der Waals surface area (Å²) < 4.78 is 28.3. The van der Waals surface area contributed by atoms with Crippen LogP contribution in [0, 0.1) is 0 Å². The number of allylic oxidation sites excluding steroid dienone is 22. The number of carbonyl (C=O) groups excluding carboxylic acids is 3. The van der Waals surface area contributed by atoms with Gasteiger partial charge in [0.25, 0.3) is 0 Å². The SMILES string of the molecule is CC/C=C\C/C=C\C/C=C\C/C=C\C/C=C\C/C=C\CCC(=O)OC1C(OCC(COC(=O)CCC/C=C\C/C=C\C/C=C\C/C=C\C/C=C\CC)OC(=O)CCCCCCCCCCCCCCCCC)OC(C(=O)O)C(O)C1O. The number of unbranched alkanes of at least 4 members (excludes halogenated alkanes) is 15. The van der Waals surface area contributed by atoms with Gasteiger partial charge < -0.3 is 39.0 Å². The summed E-state index contributed by atoms with van der Waals surface area (Å²) in [7, 11) is 0. The zero-order valence-corrected chi connectivity index (χ0v) is 50.2. The van der Waals surface area contributed by atoms with Gasteiger partial charge in [-0.2, -0.15) is 0 Å². The van der Waals surface area contributed by atoms with Crippen LogP contribution in [-0.4, -0.2) is 89.2 Å². The van der Waals surface area contributed by atoms with Gasteiger partial charge in [0.2, 0.25) is 0 Å². The standard InChI is InChI=1S/C69H108O12/c1-4-7-10-13-16-19-22-25-28-30-31-33-36-39-42-45-48-51-54-57-63(72)80-67-65(74)64(73)66(68(75)76)81-69(67)78-59-60(79-62(71)56-53-50-47-44-41-38-34-27-24-21-18-15-12-9-6-3)58-77-61(70)55-52-49-46-43-40-37-35-32-29-26-23-20-17-14-11-8-5-2/h7-8,10-11,16-17,19-20,25-26,28-29,31,33,35,37,39,42-43,46,48,51,60,64-67,69,73-74H,4-6,9,12-15,18,21-24,27,30,32,34,36,38,40-41,44-45,47,49-50,52-59H2,1-3H3,(H,75,76)/b10-7-,11-8-,19-16-,20-17-,28-25-,29-26-,33-31-,37-35-,42-39-,46-43-,51-48-. The van der Waals surface area contributed by atoms with Gasteiger partial charge in [-0.1, -0.05) is 244 Å². The Bertz CT molecular complexity index is 1920. The highest BCUT2D eigenvalue weighted by Crippen LogP contribution is 2.26. The number of aliphatic hydroxyl groups is 2. The molecule has 1 rings (SSSR count). The van der Waals surface area contributed by atoms with Gasteiger partial charge in [-0.25, -0.2) is 4.79 Å². The molecule has 0 aliphatic carbocycles. The highest BCUT2D eigenvalue weighted by molar-refractivity contribution is 5.74. The molecule has 1 fully saturated rings. The molecule has 0 saturated carbocycles. The molecule has 6 unspecified atom stereocenters. The highest BCUT2D eigenvalue weighted by Gasteiger charge is 2.50. The zero-order chi connectivity index (χ0) is 58.9. The number of hydrogen-bond donors (Lipinski definition) is 3. The van der Waals surface area contributed by atoms with Crippen molar-refractivity contribution in [2.75, 3.05) is 13.2 Å². The maximum atomic E-state index is 13.2. The monoisotopic (exact) mass is 1130 g/mol. The van der Waals surface area contributed by atoms with E-state index in [0.29, 0.717) is 32.1 Å². The molecule has 1 aliphatic rings. The Labute approximate surface area is 490 Å². The number of aliphatic hydroxyl groups excluding tert-OH is 2. The molecule has 1 saturated heterocycles. The van der Waals surface area contributed by atoms with Crippen LogP contribution in [0.2, 0.25) is 0 Å². The second-order valence-electron chi connectivity index (χ2n) is 20.6. The Balaban J connectivity index is 2.76. The molecule has 0 aromatic heterocycles. The minimum atomic E-state index is -1.94. The Kier molecular flexibility index (Phi) is 50.5. The van der Waals surface area contributed by atoms with Gasteiger partial charge in [0.1, 0.15) is 18.8 Å². The lowest BCUT2D eigenvalue weighted by atomic mass is 9.98. The molecule has 12 heteroatoms. The van der Waals surface area contributed by atoms with Crippen LogP contribution in [0.1, 0.15) is 226 Å². The van der Waals surface area contributed by atoms with Crippen LogP contribution in [0.4, 0.5) is 0 Å².